The molecule has 1 aromatic heterocycles. The van der Waals surface area contributed by atoms with E-state index in [1.807, 2.05) is 27.0 Å². The molecule has 0 amide bonds. The van der Waals surface area contributed by atoms with Gasteiger partial charge in [-0.2, -0.15) is 5.10 Å². The van der Waals surface area contributed by atoms with Crippen LogP contribution in [0, 0.1) is 11.7 Å². The molecule has 0 radical (unpaired) electrons. The number of ether oxygens (including phenoxy) is 1. The second-order valence-electron chi connectivity index (χ2n) is 6.18. The van der Waals surface area contributed by atoms with E-state index in [2.05, 4.69) is 10.1 Å². The van der Waals surface area contributed by atoms with E-state index in [-0.39, 0.29) is 17.7 Å². The van der Waals surface area contributed by atoms with E-state index in [0.29, 0.717) is 18.7 Å². The molecule has 1 aromatic carbocycles. The number of rotatable bonds is 4. The van der Waals surface area contributed by atoms with Gasteiger partial charge in [0.05, 0.1) is 12.3 Å². The Morgan fingerprint density at radius 1 is 1.36 bits per heavy atom. The number of aryl methyl sites for hydroxylation is 2. The Hall–Kier alpha value is -2.50. The molecule has 25 heavy (non-hydrogen) atoms. The van der Waals surface area contributed by atoms with Gasteiger partial charge in [-0.25, -0.2) is 9.38 Å². The fourth-order valence-corrected chi connectivity index (χ4v) is 3.54. The summed E-state index contributed by atoms with van der Waals surface area (Å²) in [6.07, 6.45) is 0.707. The standard InChI is InChI=1S/C19H22FN3O2/c1-5-14-17-16(12-8-7-9-13(20)10-12)15(19(24)25-6-2)11(3)21-18(17)23(4)22-14/h7-10,15-16H,5-6H2,1-4H3. The Labute approximate surface area is 146 Å². The zero-order valence-corrected chi connectivity index (χ0v) is 14.9. The molecule has 0 spiro atoms. The highest BCUT2D eigenvalue weighted by molar-refractivity contribution is 6.05. The second-order valence-corrected chi connectivity index (χ2v) is 6.18. The van der Waals surface area contributed by atoms with E-state index >= 15 is 0 Å². The molecule has 2 unspecified atom stereocenters. The average molecular weight is 343 g/mol. The van der Waals surface area contributed by atoms with Crippen molar-refractivity contribution in [3.8, 4) is 0 Å². The maximum Gasteiger partial charge on any atom is 0.315 e. The minimum Gasteiger partial charge on any atom is -0.465 e. The number of nitrogens with zero attached hydrogens (tertiary/aromatic N) is 3. The Morgan fingerprint density at radius 2 is 2.12 bits per heavy atom. The lowest BCUT2D eigenvalue weighted by Gasteiger charge is -2.30. The van der Waals surface area contributed by atoms with Crippen LogP contribution in [-0.2, 0) is 23.0 Å². The third-order valence-electron chi connectivity index (χ3n) is 4.59. The van der Waals surface area contributed by atoms with Gasteiger partial charge in [-0.1, -0.05) is 19.1 Å². The van der Waals surface area contributed by atoms with Crippen LogP contribution in [0.15, 0.2) is 29.3 Å². The molecule has 0 saturated heterocycles. The van der Waals surface area contributed by atoms with Crippen molar-refractivity contribution in [1.29, 1.82) is 0 Å². The Kier molecular flexibility index (Phi) is 4.70. The van der Waals surface area contributed by atoms with Crippen LogP contribution >= 0.6 is 0 Å². The van der Waals surface area contributed by atoms with Crippen LogP contribution in [-0.4, -0.2) is 28.1 Å². The van der Waals surface area contributed by atoms with Crippen molar-refractivity contribution in [3.05, 3.63) is 46.9 Å². The Balaban J connectivity index is 2.24. The first kappa shape index (κ1) is 17.3. The monoisotopic (exact) mass is 343 g/mol. The highest BCUT2D eigenvalue weighted by Gasteiger charge is 2.41. The number of hydrogen-bond donors (Lipinski definition) is 0. The molecule has 1 aliphatic rings. The summed E-state index contributed by atoms with van der Waals surface area (Å²) in [4.78, 5) is 17.3. The van der Waals surface area contributed by atoms with Crippen LogP contribution in [0.3, 0.4) is 0 Å². The number of benzene rings is 1. The Bertz CT molecular complexity index is 841. The van der Waals surface area contributed by atoms with E-state index in [1.54, 1.807) is 17.7 Å². The van der Waals surface area contributed by atoms with Gasteiger partial charge in [-0.05, 0) is 38.0 Å². The van der Waals surface area contributed by atoms with Crippen molar-refractivity contribution in [2.75, 3.05) is 6.61 Å². The summed E-state index contributed by atoms with van der Waals surface area (Å²) < 4.78 is 20.9. The molecule has 0 N–H and O–H groups in total. The molecule has 0 saturated carbocycles. The molecule has 2 atom stereocenters. The van der Waals surface area contributed by atoms with Gasteiger partial charge in [0.1, 0.15) is 11.7 Å². The first-order chi connectivity index (χ1) is 12.0. The maximum absolute atomic E-state index is 13.9. The summed E-state index contributed by atoms with van der Waals surface area (Å²) in [7, 11) is 1.84. The number of halogens is 1. The molecule has 2 heterocycles. The van der Waals surface area contributed by atoms with Crippen LogP contribution in [0.1, 0.15) is 43.5 Å². The lowest BCUT2D eigenvalue weighted by molar-refractivity contribution is -0.146. The van der Waals surface area contributed by atoms with Gasteiger partial charge >= 0.3 is 5.97 Å². The van der Waals surface area contributed by atoms with Gasteiger partial charge in [0.2, 0.25) is 0 Å². The van der Waals surface area contributed by atoms with Crippen LogP contribution in [0.4, 0.5) is 10.2 Å². The van der Waals surface area contributed by atoms with Gasteiger partial charge in [-0.15, -0.1) is 0 Å². The largest absolute Gasteiger partial charge is 0.465 e. The molecule has 0 bridgehead atoms. The normalized spacial score (nSPS) is 19.3. The fourth-order valence-electron chi connectivity index (χ4n) is 3.54. The summed E-state index contributed by atoms with van der Waals surface area (Å²) in [5.74, 6) is -0.878. The van der Waals surface area contributed by atoms with E-state index < -0.39 is 5.92 Å². The van der Waals surface area contributed by atoms with Crippen molar-refractivity contribution >= 4 is 17.5 Å². The van der Waals surface area contributed by atoms with Gasteiger partial charge in [0.15, 0.2) is 5.82 Å². The van der Waals surface area contributed by atoms with Crippen LogP contribution in [0.25, 0.3) is 0 Å². The molecule has 0 aliphatic carbocycles. The lowest BCUT2D eigenvalue weighted by Crippen LogP contribution is -2.33. The minimum atomic E-state index is -0.580. The van der Waals surface area contributed by atoms with Crippen molar-refractivity contribution < 1.29 is 13.9 Å². The molecular formula is C19H22FN3O2. The predicted octanol–water partition coefficient (Wildman–Crippen LogP) is 3.54. The van der Waals surface area contributed by atoms with E-state index in [1.165, 1.54) is 12.1 Å². The zero-order chi connectivity index (χ0) is 18.1. The topological polar surface area (TPSA) is 56.5 Å². The number of aliphatic imine (C=N–C) groups is 1. The number of hydrogen-bond acceptors (Lipinski definition) is 4. The van der Waals surface area contributed by atoms with Crippen molar-refractivity contribution in [2.45, 2.75) is 33.1 Å². The third-order valence-corrected chi connectivity index (χ3v) is 4.59. The molecular weight excluding hydrogens is 321 g/mol. The molecule has 2 aromatic rings. The van der Waals surface area contributed by atoms with Crippen LogP contribution < -0.4 is 0 Å². The average Bonchev–Trinajstić information content (AvgIpc) is 2.89. The third kappa shape index (κ3) is 2.97. The maximum atomic E-state index is 13.9. The van der Waals surface area contributed by atoms with E-state index in [9.17, 15) is 9.18 Å². The number of fused-ring (bicyclic) bond motifs is 1. The fraction of sp³-hybridized carbons (Fsp3) is 0.421. The van der Waals surface area contributed by atoms with Gasteiger partial charge in [0.25, 0.3) is 0 Å². The van der Waals surface area contributed by atoms with Gasteiger partial charge < -0.3 is 4.74 Å². The number of carbonyl (C=O) groups excluding carboxylic acids is 1. The highest BCUT2D eigenvalue weighted by atomic mass is 19.1. The lowest BCUT2D eigenvalue weighted by atomic mass is 9.76. The smallest absolute Gasteiger partial charge is 0.315 e. The number of aromatic nitrogens is 2. The second kappa shape index (κ2) is 6.78. The summed E-state index contributed by atoms with van der Waals surface area (Å²) in [6, 6.07) is 6.38. The number of esters is 1. The first-order valence-corrected chi connectivity index (χ1v) is 8.50. The van der Waals surface area contributed by atoms with E-state index in [4.69, 9.17) is 4.74 Å². The molecule has 6 heteroatoms. The zero-order valence-electron chi connectivity index (χ0n) is 14.9. The first-order valence-electron chi connectivity index (χ1n) is 8.50. The molecule has 0 fully saturated rings. The summed E-state index contributed by atoms with van der Waals surface area (Å²) in [6.45, 7) is 5.89. The van der Waals surface area contributed by atoms with Crippen molar-refractivity contribution in [3.63, 3.8) is 0 Å². The van der Waals surface area contributed by atoms with Crippen LogP contribution in [0.5, 0.6) is 0 Å². The quantitative estimate of drug-likeness (QED) is 0.798. The molecule has 1 aliphatic heterocycles. The van der Waals surface area contributed by atoms with Crippen molar-refractivity contribution in [1.82, 2.24) is 9.78 Å². The summed E-state index contributed by atoms with van der Waals surface area (Å²) >= 11 is 0. The van der Waals surface area contributed by atoms with Gasteiger partial charge in [0, 0.05) is 24.2 Å². The van der Waals surface area contributed by atoms with Gasteiger partial charge in [-0.3, -0.25) is 9.48 Å². The molecule has 132 valence electrons. The summed E-state index contributed by atoms with van der Waals surface area (Å²) in [5, 5.41) is 4.55. The highest BCUT2D eigenvalue weighted by Crippen LogP contribution is 2.44. The molecule has 3 rings (SSSR count). The Morgan fingerprint density at radius 3 is 2.76 bits per heavy atom. The predicted molar refractivity (Wildman–Crippen MR) is 93.7 cm³/mol. The number of carbonyl (C=O) groups is 1. The van der Waals surface area contributed by atoms with Crippen molar-refractivity contribution in [2.24, 2.45) is 18.0 Å². The molecule has 5 nitrogen and oxygen atoms in total. The minimum absolute atomic E-state index is 0.291. The van der Waals surface area contributed by atoms with Crippen LogP contribution in [0.2, 0.25) is 0 Å². The van der Waals surface area contributed by atoms with E-state index in [0.717, 1.165) is 22.6 Å². The SMILES string of the molecule is CCOC(=O)C1C(C)=Nc2c(c(CC)nn2C)C1c1cccc(F)c1. The summed E-state index contributed by atoms with van der Waals surface area (Å²) in [5.41, 5.74) is 3.15.